The Kier molecular flexibility index (Phi) is 5.61. The average molecular weight is 430 g/mol. The fourth-order valence-electron chi connectivity index (χ4n) is 4.13. The Labute approximate surface area is 193 Å². The van der Waals surface area contributed by atoms with Crippen molar-refractivity contribution >= 4 is 28.1 Å². The minimum Gasteiger partial charge on any atom is -0.465 e. The lowest BCUT2D eigenvalue weighted by Gasteiger charge is -2.13. The molecule has 3 heteroatoms. The van der Waals surface area contributed by atoms with Crippen LogP contribution in [0.2, 0.25) is 0 Å². The van der Waals surface area contributed by atoms with Gasteiger partial charge in [-0.1, -0.05) is 84.9 Å². The fourth-order valence-corrected chi connectivity index (χ4v) is 4.13. The number of fused-ring (bicyclic) bond motifs is 1. The normalized spacial score (nSPS) is 10.7. The molecule has 5 aromatic rings. The predicted octanol–water partition coefficient (Wildman–Crippen LogP) is 7.70. The Morgan fingerprint density at radius 3 is 1.85 bits per heavy atom. The van der Waals surface area contributed by atoms with Crippen molar-refractivity contribution in [2.45, 2.75) is 0 Å². The Hall–Kier alpha value is -4.37. The molecule has 0 amide bonds. The van der Waals surface area contributed by atoms with Crippen molar-refractivity contribution in [2.75, 3.05) is 12.4 Å². The maximum absolute atomic E-state index is 12.5. The van der Waals surface area contributed by atoms with Crippen LogP contribution >= 0.6 is 0 Å². The number of ether oxygens (including phenoxy) is 1. The predicted molar refractivity (Wildman–Crippen MR) is 136 cm³/mol. The number of carbonyl (C=O) groups is 1. The monoisotopic (exact) mass is 429 g/mol. The summed E-state index contributed by atoms with van der Waals surface area (Å²) < 4.78 is 5.04. The standard InChI is InChI=1S/C30H23NO2/c1-33-30(32)28-20-15-23-9-5-6-10-27(23)29(28)24-13-18-26(19-14-24)31-25-16-11-22(12-17-25)21-7-3-2-4-8-21/h2-20,31H,1H3. The van der Waals surface area contributed by atoms with E-state index >= 15 is 0 Å². The molecule has 0 heterocycles. The Bertz CT molecular complexity index is 1410. The third-order valence-electron chi connectivity index (χ3n) is 5.79. The third kappa shape index (κ3) is 4.21. The van der Waals surface area contributed by atoms with Crippen molar-refractivity contribution < 1.29 is 9.53 Å². The van der Waals surface area contributed by atoms with Gasteiger partial charge in [0.25, 0.3) is 0 Å². The molecule has 0 aliphatic carbocycles. The summed E-state index contributed by atoms with van der Waals surface area (Å²) >= 11 is 0. The number of anilines is 2. The molecule has 0 fully saturated rings. The molecule has 0 aliphatic heterocycles. The smallest absolute Gasteiger partial charge is 0.338 e. The van der Waals surface area contributed by atoms with Gasteiger partial charge in [-0.25, -0.2) is 4.79 Å². The quantitative estimate of drug-likeness (QED) is 0.291. The zero-order valence-electron chi connectivity index (χ0n) is 18.3. The van der Waals surface area contributed by atoms with Crippen molar-refractivity contribution in [1.29, 1.82) is 0 Å². The molecule has 33 heavy (non-hydrogen) atoms. The van der Waals surface area contributed by atoms with E-state index in [1.165, 1.54) is 18.2 Å². The van der Waals surface area contributed by atoms with Gasteiger partial charge in [-0.3, -0.25) is 0 Å². The summed E-state index contributed by atoms with van der Waals surface area (Å²) in [5.74, 6) is -0.337. The van der Waals surface area contributed by atoms with Gasteiger partial charge in [0.1, 0.15) is 0 Å². The van der Waals surface area contributed by atoms with Crippen LogP contribution in [-0.4, -0.2) is 13.1 Å². The van der Waals surface area contributed by atoms with Crippen molar-refractivity contribution in [3.63, 3.8) is 0 Å². The number of benzene rings is 5. The molecule has 0 bridgehead atoms. The lowest BCUT2D eigenvalue weighted by Crippen LogP contribution is -2.04. The first-order valence-electron chi connectivity index (χ1n) is 10.9. The number of esters is 1. The van der Waals surface area contributed by atoms with Crippen molar-refractivity contribution in [3.8, 4) is 22.3 Å². The minimum absolute atomic E-state index is 0.337. The highest BCUT2D eigenvalue weighted by Gasteiger charge is 2.16. The van der Waals surface area contributed by atoms with Crippen LogP contribution in [-0.2, 0) is 4.74 Å². The second-order valence-electron chi connectivity index (χ2n) is 7.85. The molecule has 1 N–H and O–H groups in total. The molecule has 0 saturated carbocycles. The van der Waals surface area contributed by atoms with E-state index in [4.69, 9.17) is 4.74 Å². The van der Waals surface area contributed by atoms with E-state index in [1.54, 1.807) is 0 Å². The maximum Gasteiger partial charge on any atom is 0.338 e. The third-order valence-corrected chi connectivity index (χ3v) is 5.79. The van der Waals surface area contributed by atoms with E-state index in [1.807, 2.05) is 72.8 Å². The molecule has 160 valence electrons. The highest BCUT2D eigenvalue weighted by molar-refractivity contribution is 6.08. The van der Waals surface area contributed by atoms with E-state index in [-0.39, 0.29) is 5.97 Å². The molecule has 0 spiro atoms. The summed E-state index contributed by atoms with van der Waals surface area (Å²) in [6.07, 6.45) is 0. The van der Waals surface area contributed by atoms with Crippen LogP contribution in [0.15, 0.2) is 115 Å². The molecule has 5 rings (SSSR count). The van der Waals surface area contributed by atoms with Gasteiger partial charge < -0.3 is 10.1 Å². The molecule has 0 unspecified atom stereocenters. The molecule has 0 atom stereocenters. The van der Waals surface area contributed by atoms with Gasteiger partial charge in [-0.2, -0.15) is 0 Å². The van der Waals surface area contributed by atoms with Crippen LogP contribution < -0.4 is 5.32 Å². The first-order chi connectivity index (χ1) is 16.2. The topological polar surface area (TPSA) is 38.3 Å². The van der Waals surface area contributed by atoms with Crippen LogP contribution in [0.3, 0.4) is 0 Å². The van der Waals surface area contributed by atoms with E-state index in [9.17, 15) is 4.79 Å². The molecular weight excluding hydrogens is 406 g/mol. The van der Waals surface area contributed by atoms with Gasteiger partial charge in [-0.15, -0.1) is 0 Å². The molecule has 0 saturated heterocycles. The Morgan fingerprint density at radius 2 is 1.18 bits per heavy atom. The fraction of sp³-hybridized carbons (Fsp3) is 0.0333. The maximum atomic E-state index is 12.5. The zero-order valence-corrected chi connectivity index (χ0v) is 18.3. The van der Waals surface area contributed by atoms with Crippen LogP contribution in [0.25, 0.3) is 33.0 Å². The summed E-state index contributed by atoms with van der Waals surface area (Å²) in [5.41, 5.74) is 6.80. The molecule has 0 radical (unpaired) electrons. The summed E-state index contributed by atoms with van der Waals surface area (Å²) in [6, 6.07) is 38.7. The lowest BCUT2D eigenvalue weighted by atomic mass is 9.93. The second kappa shape index (κ2) is 9.01. The number of rotatable bonds is 5. The van der Waals surface area contributed by atoms with Gasteiger partial charge in [0.15, 0.2) is 0 Å². The van der Waals surface area contributed by atoms with E-state index in [0.29, 0.717) is 5.56 Å². The van der Waals surface area contributed by atoms with Crippen molar-refractivity contribution in [1.82, 2.24) is 0 Å². The number of carbonyl (C=O) groups excluding carboxylic acids is 1. The molecular formula is C30H23NO2. The highest BCUT2D eigenvalue weighted by atomic mass is 16.5. The van der Waals surface area contributed by atoms with E-state index in [0.717, 1.165) is 33.3 Å². The SMILES string of the molecule is COC(=O)c1ccc2ccccc2c1-c1ccc(Nc2ccc(-c3ccccc3)cc2)cc1. The van der Waals surface area contributed by atoms with Crippen molar-refractivity contribution in [3.05, 3.63) is 121 Å². The largest absolute Gasteiger partial charge is 0.465 e. The summed E-state index contributed by atoms with van der Waals surface area (Å²) in [4.78, 5) is 12.5. The number of nitrogens with one attached hydrogen (secondary N) is 1. The molecule has 3 nitrogen and oxygen atoms in total. The number of hydrogen-bond donors (Lipinski definition) is 1. The van der Waals surface area contributed by atoms with Gasteiger partial charge in [0.05, 0.1) is 12.7 Å². The number of methoxy groups -OCH3 is 1. The van der Waals surface area contributed by atoms with E-state index in [2.05, 4.69) is 47.8 Å². The molecule has 5 aromatic carbocycles. The lowest BCUT2D eigenvalue weighted by molar-refractivity contribution is 0.0602. The van der Waals surface area contributed by atoms with Crippen molar-refractivity contribution in [2.24, 2.45) is 0 Å². The number of hydrogen-bond acceptors (Lipinski definition) is 3. The average Bonchev–Trinajstić information content (AvgIpc) is 2.89. The van der Waals surface area contributed by atoms with Crippen LogP contribution in [0.4, 0.5) is 11.4 Å². The second-order valence-corrected chi connectivity index (χ2v) is 7.85. The Balaban J connectivity index is 1.44. The first kappa shape index (κ1) is 20.5. The first-order valence-corrected chi connectivity index (χ1v) is 10.9. The summed E-state index contributed by atoms with van der Waals surface area (Å²) in [6.45, 7) is 0. The minimum atomic E-state index is -0.337. The highest BCUT2D eigenvalue weighted by Crippen LogP contribution is 2.34. The summed E-state index contributed by atoms with van der Waals surface area (Å²) in [5, 5.41) is 5.57. The molecule has 0 aliphatic rings. The van der Waals surface area contributed by atoms with Gasteiger partial charge in [0, 0.05) is 16.9 Å². The van der Waals surface area contributed by atoms with Crippen LogP contribution in [0, 0.1) is 0 Å². The van der Waals surface area contributed by atoms with E-state index < -0.39 is 0 Å². The zero-order chi connectivity index (χ0) is 22.6. The van der Waals surface area contributed by atoms with Crippen LogP contribution in [0.1, 0.15) is 10.4 Å². The van der Waals surface area contributed by atoms with Gasteiger partial charge >= 0.3 is 5.97 Å². The Morgan fingerprint density at radius 1 is 0.606 bits per heavy atom. The van der Waals surface area contributed by atoms with Gasteiger partial charge in [-0.05, 0) is 57.8 Å². The van der Waals surface area contributed by atoms with Gasteiger partial charge in [0.2, 0.25) is 0 Å². The van der Waals surface area contributed by atoms with Crippen LogP contribution in [0.5, 0.6) is 0 Å². The molecule has 0 aromatic heterocycles. The summed E-state index contributed by atoms with van der Waals surface area (Å²) in [7, 11) is 1.41.